The van der Waals surface area contributed by atoms with Crippen LogP contribution in [0, 0.1) is 10.1 Å². The second kappa shape index (κ2) is 4.51. The largest absolute Gasteiger partial charge is 0.324 e. The minimum atomic E-state index is -0.326. The summed E-state index contributed by atoms with van der Waals surface area (Å²) in [6.45, 7) is 2.95. The fraction of sp³-hybridized carbons (Fsp3) is 0.636. The Balaban J connectivity index is 1.91. The van der Waals surface area contributed by atoms with Crippen LogP contribution in [-0.4, -0.2) is 10.5 Å². The molecule has 0 aliphatic heterocycles. The van der Waals surface area contributed by atoms with Crippen LogP contribution in [0.5, 0.6) is 0 Å². The summed E-state index contributed by atoms with van der Waals surface area (Å²) in [6.07, 6.45) is 4.90. The molecule has 0 atom stereocenters. The van der Waals surface area contributed by atoms with Crippen molar-refractivity contribution in [1.29, 1.82) is 0 Å². The molecule has 0 aromatic carbocycles. The van der Waals surface area contributed by atoms with Crippen LogP contribution in [0.1, 0.15) is 37.5 Å². The van der Waals surface area contributed by atoms with Crippen LogP contribution in [-0.2, 0) is 6.54 Å². The molecule has 1 aromatic heterocycles. The summed E-state index contributed by atoms with van der Waals surface area (Å²) in [6, 6.07) is 3.43. The molecule has 1 heterocycles. The highest BCUT2D eigenvalue weighted by Crippen LogP contribution is 2.35. The van der Waals surface area contributed by atoms with Crippen LogP contribution in [0.25, 0.3) is 0 Å². The predicted octanol–water partition coefficient (Wildman–Crippen LogP) is 3.08. The first kappa shape index (κ1) is 11.5. The monoisotopic (exact) mass is 240 g/mol. The molecule has 4 nitrogen and oxygen atoms in total. The smallest absolute Gasteiger partial charge is 0.306 e. The molecule has 0 bridgehead atoms. The Hall–Kier alpha value is -0.940. The van der Waals surface area contributed by atoms with Crippen LogP contribution in [0.15, 0.2) is 12.1 Å². The quantitative estimate of drug-likeness (QED) is 0.635. The molecule has 1 fully saturated rings. The van der Waals surface area contributed by atoms with Crippen molar-refractivity contribution in [2.45, 2.75) is 44.7 Å². The molecule has 0 radical (unpaired) electrons. The lowest BCUT2D eigenvalue weighted by molar-refractivity contribution is -0.380. The Labute approximate surface area is 98.8 Å². The molecule has 16 heavy (non-hydrogen) atoms. The lowest BCUT2D eigenvalue weighted by Gasteiger charge is -2.42. The van der Waals surface area contributed by atoms with E-state index < -0.39 is 0 Å². The molecule has 5 heteroatoms. The number of nitrogens with one attached hydrogen (secondary N) is 1. The van der Waals surface area contributed by atoms with Crippen LogP contribution in [0.3, 0.4) is 0 Å². The van der Waals surface area contributed by atoms with E-state index in [0.29, 0.717) is 5.54 Å². The molecule has 2 rings (SSSR count). The Kier molecular flexibility index (Phi) is 3.25. The highest BCUT2D eigenvalue weighted by atomic mass is 32.1. The van der Waals surface area contributed by atoms with Gasteiger partial charge in [0, 0.05) is 23.0 Å². The van der Waals surface area contributed by atoms with Crippen molar-refractivity contribution < 1.29 is 4.92 Å². The van der Waals surface area contributed by atoms with Crippen molar-refractivity contribution in [2.75, 3.05) is 0 Å². The Morgan fingerprint density at radius 1 is 1.56 bits per heavy atom. The normalized spacial score (nSPS) is 18.1. The summed E-state index contributed by atoms with van der Waals surface area (Å²) in [5.41, 5.74) is 0.304. The average Bonchev–Trinajstić information content (AvgIpc) is 2.65. The first-order valence-corrected chi connectivity index (χ1v) is 6.45. The zero-order valence-corrected chi connectivity index (χ0v) is 10.2. The van der Waals surface area contributed by atoms with E-state index in [1.165, 1.54) is 30.6 Å². The van der Waals surface area contributed by atoms with Crippen LogP contribution in [0.4, 0.5) is 5.00 Å². The zero-order valence-electron chi connectivity index (χ0n) is 9.36. The summed E-state index contributed by atoms with van der Waals surface area (Å²) in [7, 11) is 0. The van der Waals surface area contributed by atoms with Gasteiger partial charge in [0.2, 0.25) is 0 Å². The fourth-order valence-electron chi connectivity index (χ4n) is 2.09. The van der Waals surface area contributed by atoms with Gasteiger partial charge < -0.3 is 5.32 Å². The maximum atomic E-state index is 10.5. The Morgan fingerprint density at radius 2 is 2.31 bits per heavy atom. The van der Waals surface area contributed by atoms with Crippen LogP contribution < -0.4 is 5.32 Å². The molecule has 1 aromatic rings. The van der Waals surface area contributed by atoms with Gasteiger partial charge in [-0.1, -0.05) is 18.3 Å². The SMILES string of the molecule is CCC1(NCc2ccc([N+](=O)[O-])s2)CCC1. The van der Waals surface area contributed by atoms with E-state index >= 15 is 0 Å². The fourth-order valence-corrected chi connectivity index (χ4v) is 2.85. The molecule has 0 unspecified atom stereocenters. The standard InChI is InChI=1S/C11H16N2O2S/c1-2-11(6-3-7-11)12-8-9-4-5-10(16-9)13(14)15/h4-5,12H,2-3,6-8H2,1H3. The first-order chi connectivity index (χ1) is 7.65. The molecule has 1 aliphatic carbocycles. The third kappa shape index (κ3) is 2.25. The van der Waals surface area contributed by atoms with Crippen molar-refractivity contribution in [3.8, 4) is 0 Å². The summed E-state index contributed by atoms with van der Waals surface area (Å²) in [5.74, 6) is 0. The van der Waals surface area contributed by atoms with Crippen LogP contribution >= 0.6 is 11.3 Å². The summed E-state index contributed by atoms with van der Waals surface area (Å²) in [4.78, 5) is 11.3. The van der Waals surface area contributed by atoms with Gasteiger partial charge in [0.25, 0.3) is 0 Å². The number of hydrogen-bond acceptors (Lipinski definition) is 4. The summed E-state index contributed by atoms with van der Waals surface area (Å²) >= 11 is 1.27. The lowest BCUT2D eigenvalue weighted by atomic mass is 9.75. The van der Waals surface area contributed by atoms with Crippen molar-refractivity contribution in [1.82, 2.24) is 5.32 Å². The highest BCUT2D eigenvalue weighted by Gasteiger charge is 2.34. The Bertz CT molecular complexity index is 380. The van der Waals surface area contributed by atoms with E-state index in [0.717, 1.165) is 17.8 Å². The molecule has 0 amide bonds. The number of nitrogens with zero attached hydrogens (tertiary/aromatic N) is 1. The van der Waals surface area contributed by atoms with Crippen molar-refractivity contribution in [2.24, 2.45) is 0 Å². The molecular formula is C11H16N2O2S. The van der Waals surface area contributed by atoms with Gasteiger partial charge in [0.05, 0.1) is 4.92 Å². The molecule has 1 N–H and O–H groups in total. The lowest BCUT2D eigenvalue weighted by Crippen LogP contribution is -2.49. The molecule has 1 saturated carbocycles. The molecule has 88 valence electrons. The molecule has 0 saturated heterocycles. The average molecular weight is 240 g/mol. The second-order valence-electron chi connectivity index (χ2n) is 4.34. The van der Waals surface area contributed by atoms with E-state index in [9.17, 15) is 10.1 Å². The van der Waals surface area contributed by atoms with Crippen molar-refractivity contribution in [3.05, 3.63) is 27.1 Å². The van der Waals surface area contributed by atoms with Gasteiger partial charge >= 0.3 is 5.00 Å². The summed E-state index contributed by atoms with van der Waals surface area (Å²) in [5, 5.41) is 14.3. The number of rotatable bonds is 5. The van der Waals surface area contributed by atoms with E-state index in [-0.39, 0.29) is 9.92 Å². The zero-order chi connectivity index (χ0) is 11.6. The second-order valence-corrected chi connectivity index (χ2v) is 5.48. The highest BCUT2D eigenvalue weighted by molar-refractivity contribution is 7.15. The minimum absolute atomic E-state index is 0.232. The van der Waals surface area contributed by atoms with Crippen molar-refractivity contribution in [3.63, 3.8) is 0 Å². The third-order valence-electron chi connectivity index (χ3n) is 3.45. The number of hydrogen-bond donors (Lipinski definition) is 1. The van der Waals surface area contributed by atoms with E-state index in [2.05, 4.69) is 12.2 Å². The van der Waals surface area contributed by atoms with Gasteiger partial charge in [-0.3, -0.25) is 10.1 Å². The molecular weight excluding hydrogens is 224 g/mol. The van der Waals surface area contributed by atoms with Gasteiger partial charge in [-0.05, 0) is 31.7 Å². The predicted molar refractivity (Wildman–Crippen MR) is 64.7 cm³/mol. The molecule has 1 aliphatic rings. The van der Waals surface area contributed by atoms with E-state index in [1.54, 1.807) is 6.07 Å². The van der Waals surface area contributed by atoms with Gasteiger partial charge in [-0.25, -0.2) is 0 Å². The van der Waals surface area contributed by atoms with Gasteiger partial charge in [-0.2, -0.15) is 0 Å². The summed E-state index contributed by atoms with van der Waals surface area (Å²) < 4.78 is 0. The maximum absolute atomic E-state index is 10.5. The van der Waals surface area contributed by atoms with Gasteiger partial charge in [0.1, 0.15) is 0 Å². The number of nitro groups is 1. The van der Waals surface area contributed by atoms with E-state index in [4.69, 9.17) is 0 Å². The third-order valence-corrected chi connectivity index (χ3v) is 4.49. The topological polar surface area (TPSA) is 55.2 Å². The van der Waals surface area contributed by atoms with E-state index in [1.807, 2.05) is 6.07 Å². The maximum Gasteiger partial charge on any atom is 0.324 e. The van der Waals surface area contributed by atoms with Crippen LogP contribution in [0.2, 0.25) is 0 Å². The van der Waals surface area contributed by atoms with Crippen molar-refractivity contribution >= 4 is 16.3 Å². The van der Waals surface area contributed by atoms with Gasteiger partial charge in [-0.15, -0.1) is 0 Å². The minimum Gasteiger partial charge on any atom is -0.306 e. The number of thiophene rings is 1. The molecule has 0 spiro atoms. The van der Waals surface area contributed by atoms with Gasteiger partial charge in [0.15, 0.2) is 0 Å². The first-order valence-electron chi connectivity index (χ1n) is 5.63. The Morgan fingerprint density at radius 3 is 2.75 bits per heavy atom.